The number of carboxylic acid groups (broad SMARTS) is 1. The van der Waals surface area contributed by atoms with E-state index in [4.69, 9.17) is 4.42 Å². The molecule has 0 saturated heterocycles. The molecule has 1 aliphatic rings. The van der Waals surface area contributed by atoms with Crippen LogP contribution in [0.2, 0.25) is 0 Å². The maximum absolute atomic E-state index is 11.6. The molecular formula is C13H21N3O3S. The Balaban J connectivity index is 1.80. The first kappa shape index (κ1) is 15.3. The first-order chi connectivity index (χ1) is 9.55. The Morgan fingerprint density at radius 1 is 1.55 bits per heavy atom. The first-order valence-electron chi connectivity index (χ1n) is 7.00. The maximum Gasteiger partial charge on any atom is 0.323 e. The fraction of sp³-hybridized carbons (Fsp3) is 0.769. The SMILES string of the molecule is CCC(CCCSc1nnc(C)o1)(NC1CC1)C(=O)O. The molecule has 0 aliphatic heterocycles. The summed E-state index contributed by atoms with van der Waals surface area (Å²) in [6.07, 6.45) is 4.20. The maximum atomic E-state index is 11.6. The van der Waals surface area contributed by atoms with Crippen LogP contribution in [0, 0.1) is 6.92 Å². The van der Waals surface area contributed by atoms with Crippen LogP contribution in [-0.4, -0.2) is 38.6 Å². The second-order valence-corrected chi connectivity index (χ2v) is 6.24. The minimum Gasteiger partial charge on any atom is -0.480 e. The van der Waals surface area contributed by atoms with Gasteiger partial charge in [-0.1, -0.05) is 18.7 Å². The number of hydrogen-bond acceptors (Lipinski definition) is 6. The Labute approximate surface area is 122 Å². The molecule has 7 heteroatoms. The lowest BCUT2D eigenvalue weighted by atomic mass is 9.90. The lowest BCUT2D eigenvalue weighted by Crippen LogP contribution is -2.52. The summed E-state index contributed by atoms with van der Waals surface area (Å²) in [4.78, 5) is 11.6. The number of aryl methyl sites for hydroxylation is 1. The molecular weight excluding hydrogens is 278 g/mol. The van der Waals surface area contributed by atoms with Gasteiger partial charge in [-0.2, -0.15) is 0 Å². The summed E-state index contributed by atoms with van der Waals surface area (Å²) in [6.45, 7) is 3.68. The van der Waals surface area contributed by atoms with Crippen molar-refractivity contribution in [1.29, 1.82) is 0 Å². The van der Waals surface area contributed by atoms with Crippen LogP contribution < -0.4 is 5.32 Å². The molecule has 0 radical (unpaired) electrons. The zero-order valence-corrected chi connectivity index (χ0v) is 12.7. The number of thioether (sulfide) groups is 1. The summed E-state index contributed by atoms with van der Waals surface area (Å²) in [5.74, 6) is 0.588. The van der Waals surface area contributed by atoms with Gasteiger partial charge in [0.15, 0.2) is 0 Å². The van der Waals surface area contributed by atoms with Crippen LogP contribution in [0.25, 0.3) is 0 Å². The highest BCUT2D eigenvalue weighted by Crippen LogP contribution is 2.28. The Bertz CT molecular complexity index is 461. The smallest absolute Gasteiger partial charge is 0.323 e. The highest BCUT2D eigenvalue weighted by Gasteiger charge is 2.40. The topological polar surface area (TPSA) is 88.3 Å². The van der Waals surface area contributed by atoms with E-state index < -0.39 is 11.5 Å². The van der Waals surface area contributed by atoms with E-state index in [9.17, 15) is 9.90 Å². The predicted molar refractivity (Wildman–Crippen MR) is 75.8 cm³/mol. The third kappa shape index (κ3) is 3.96. The highest BCUT2D eigenvalue weighted by molar-refractivity contribution is 7.99. The van der Waals surface area contributed by atoms with Gasteiger partial charge in [-0.05, 0) is 32.1 Å². The summed E-state index contributed by atoms with van der Waals surface area (Å²) in [5.41, 5.74) is -0.785. The van der Waals surface area contributed by atoms with Gasteiger partial charge in [0.1, 0.15) is 5.54 Å². The lowest BCUT2D eigenvalue weighted by Gasteiger charge is -2.29. The fourth-order valence-corrected chi connectivity index (χ4v) is 2.90. The van der Waals surface area contributed by atoms with Crippen LogP contribution in [0.5, 0.6) is 0 Å². The lowest BCUT2D eigenvalue weighted by molar-refractivity contribution is -0.145. The van der Waals surface area contributed by atoms with Crippen LogP contribution in [0.1, 0.15) is 44.9 Å². The van der Waals surface area contributed by atoms with Crippen molar-refractivity contribution in [3.63, 3.8) is 0 Å². The monoisotopic (exact) mass is 299 g/mol. The van der Waals surface area contributed by atoms with Crippen molar-refractivity contribution in [2.24, 2.45) is 0 Å². The molecule has 1 unspecified atom stereocenters. The van der Waals surface area contributed by atoms with Gasteiger partial charge in [-0.15, -0.1) is 10.2 Å². The van der Waals surface area contributed by atoms with Crippen molar-refractivity contribution in [1.82, 2.24) is 15.5 Å². The zero-order valence-electron chi connectivity index (χ0n) is 11.9. The van der Waals surface area contributed by atoms with Gasteiger partial charge in [0.05, 0.1) is 0 Å². The average molecular weight is 299 g/mol. The predicted octanol–water partition coefficient (Wildman–Crippen LogP) is 2.24. The molecule has 0 amide bonds. The van der Waals surface area contributed by atoms with E-state index in [2.05, 4.69) is 15.5 Å². The molecule has 1 aliphatic carbocycles. The third-order valence-electron chi connectivity index (χ3n) is 3.55. The number of nitrogens with one attached hydrogen (secondary N) is 1. The van der Waals surface area contributed by atoms with Crippen LogP contribution in [-0.2, 0) is 4.79 Å². The molecule has 0 aromatic carbocycles. The number of nitrogens with zero attached hydrogens (tertiary/aromatic N) is 2. The van der Waals surface area contributed by atoms with Gasteiger partial charge in [-0.3, -0.25) is 10.1 Å². The van der Waals surface area contributed by atoms with Crippen molar-refractivity contribution >= 4 is 17.7 Å². The van der Waals surface area contributed by atoms with Gasteiger partial charge in [0.25, 0.3) is 5.22 Å². The van der Waals surface area contributed by atoms with E-state index in [0.29, 0.717) is 30.0 Å². The summed E-state index contributed by atoms with van der Waals surface area (Å²) in [5, 5.41) is 21.0. The Morgan fingerprint density at radius 3 is 2.80 bits per heavy atom. The molecule has 1 aromatic rings. The second-order valence-electron chi connectivity index (χ2n) is 5.20. The Kier molecular flexibility index (Phi) is 5.04. The molecule has 2 rings (SSSR count). The molecule has 112 valence electrons. The van der Waals surface area contributed by atoms with Crippen LogP contribution in [0.4, 0.5) is 0 Å². The van der Waals surface area contributed by atoms with E-state index in [1.165, 1.54) is 11.8 Å². The van der Waals surface area contributed by atoms with Gasteiger partial charge in [0, 0.05) is 18.7 Å². The standard InChI is InChI=1S/C13H21N3O3S/c1-3-13(11(17)18,14-10-5-6-10)7-4-8-20-12-16-15-9(2)19-12/h10,14H,3-8H2,1-2H3,(H,17,18). The van der Waals surface area contributed by atoms with Crippen LogP contribution >= 0.6 is 11.8 Å². The van der Waals surface area contributed by atoms with Gasteiger partial charge in [-0.25, -0.2) is 0 Å². The Hall–Kier alpha value is -1.08. The highest BCUT2D eigenvalue weighted by atomic mass is 32.2. The molecule has 1 saturated carbocycles. The molecule has 1 fully saturated rings. The summed E-state index contributed by atoms with van der Waals surface area (Å²) >= 11 is 1.48. The summed E-state index contributed by atoms with van der Waals surface area (Å²) in [6, 6.07) is 0.386. The van der Waals surface area contributed by atoms with Gasteiger partial charge >= 0.3 is 5.97 Å². The van der Waals surface area contributed by atoms with Crippen molar-refractivity contribution in [3.05, 3.63) is 5.89 Å². The van der Waals surface area contributed by atoms with Crippen molar-refractivity contribution in [2.45, 2.75) is 62.8 Å². The van der Waals surface area contributed by atoms with Crippen molar-refractivity contribution in [2.75, 3.05) is 5.75 Å². The van der Waals surface area contributed by atoms with Crippen LogP contribution in [0.3, 0.4) is 0 Å². The molecule has 0 spiro atoms. The average Bonchev–Trinajstić information content (AvgIpc) is 3.13. The molecule has 1 atom stereocenters. The molecule has 1 aromatic heterocycles. The molecule has 1 heterocycles. The molecule has 0 bridgehead atoms. The second kappa shape index (κ2) is 6.58. The number of rotatable bonds is 9. The third-order valence-corrected chi connectivity index (χ3v) is 4.46. The number of aliphatic carboxylic acids is 1. The number of carbonyl (C=O) groups is 1. The van der Waals surface area contributed by atoms with E-state index in [1.807, 2.05) is 6.92 Å². The van der Waals surface area contributed by atoms with E-state index >= 15 is 0 Å². The zero-order chi connectivity index (χ0) is 14.6. The number of carboxylic acids is 1. The number of hydrogen-bond donors (Lipinski definition) is 2. The van der Waals surface area contributed by atoms with Gasteiger partial charge < -0.3 is 9.52 Å². The molecule has 6 nitrogen and oxygen atoms in total. The minimum atomic E-state index is -0.785. The van der Waals surface area contributed by atoms with Crippen LogP contribution in [0.15, 0.2) is 9.64 Å². The van der Waals surface area contributed by atoms with E-state index in [0.717, 1.165) is 25.0 Å². The Morgan fingerprint density at radius 2 is 2.30 bits per heavy atom. The number of aromatic nitrogens is 2. The quantitative estimate of drug-likeness (QED) is 0.534. The van der Waals surface area contributed by atoms with Gasteiger partial charge in [0.2, 0.25) is 5.89 Å². The minimum absolute atomic E-state index is 0.386. The van der Waals surface area contributed by atoms with E-state index in [-0.39, 0.29) is 0 Å². The molecule has 20 heavy (non-hydrogen) atoms. The molecule has 2 N–H and O–H groups in total. The van der Waals surface area contributed by atoms with Crippen molar-refractivity contribution < 1.29 is 14.3 Å². The largest absolute Gasteiger partial charge is 0.480 e. The fourth-order valence-electron chi connectivity index (χ4n) is 2.16. The van der Waals surface area contributed by atoms with Crippen molar-refractivity contribution in [3.8, 4) is 0 Å². The normalized spacial score (nSPS) is 17.9. The summed E-state index contributed by atoms with van der Waals surface area (Å²) in [7, 11) is 0. The summed E-state index contributed by atoms with van der Waals surface area (Å²) < 4.78 is 5.27. The first-order valence-corrected chi connectivity index (χ1v) is 7.98. The van der Waals surface area contributed by atoms with E-state index in [1.54, 1.807) is 6.92 Å².